The smallest absolute Gasteiger partial charge is 0.287 e. The minimum Gasteiger partial charge on any atom is -0.477 e. The van der Waals surface area contributed by atoms with Crippen molar-refractivity contribution < 1.29 is 9.66 Å². The van der Waals surface area contributed by atoms with Crippen molar-refractivity contribution in [3.63, 3.8) is 0 Å². The highest BCUT2D eigenvalue weighted by Crippen LogP contribution is 2.21. The summed E-state index contributed by atoms with van der Waals surface area (Å²) in [5, 5.41) is 10.5. The van der Waals surface area contributed by atoms with Crippen molar-refractivity contribution in [1.29, 1.82) is 0 Å². The molecule has 1 aromatic rings. The summed E-state index contributed by atoms with van der Waals surface area (Å²) in [4.78, 5) is 13.9. The van der Waals surface area contributed by atoms with Gasteiger partial charge in [0.2, 0.25) is 5.88 Å². The molecule has 98 valence electrons. The van der Waals surface area contributed by atoms with Crippen molar-refractivity contribution in [2.75, 3.05) is 19.7 Å². The lowest BCUT2D eigenvalue weighted by Crippen LogP contribution is -2.29. The molecular formula is C11H14BrN3O3. The minimum absolute atomic E-state index is 0.0186. The Hall–Kier alpha value is -1.21. The minimum atomic E-state index is -0.470. The monoisotopic (exact) mass is 315 g/mol. The van der Waals surface area contributed by atoms with Crippen LogP contribution in [-0.2, 0) is 0 Å². The topological polar surface area (TPSA) is 68.5 Å². The van der Waals surface area contributed by atoms with Gasteiger partial charge in [-0.1, -0.05) is 0 Å². The van der Waals surface area contributed by atoms with E-state index < -0.39 is 4.92 Å². The highest BCUT2D eigenvalue weighted by Gasteiger charge is 2.18. The predicted octanol–water partition coefficient (Wildman–Crippen LogP) is 2.39. The molecule has 0 bridgehead atoms. The second-order valence-corrected chi connectivity index (χ2v) is 5.28. The zero-order chi connectivity index (χ0) is 13.0. The number of rotatable bonds is 4. The Morgan fingerprint density at radius 1 is 1.50 bits per heavy atom. The van der Waals surface area contributed by atoms with Gasteiger partial charge in [-0.15, -0.1) is 0 Å². The van der Waals surface area contributed by atoms with E-state index in [-0.39, 0.29) is 5.69 Å². The number of pyridine rings is 1. The van der Waals surface area contributed by atoms with Crippen LogP contribution in [0, 0.1) is 16.0 Å². The quantitative estimate of drug-likeness (QED) is 0.485. The fraction of sp³-hybridized carbons (Fsp3) is 0.545. The zero-order valence-corrected chi connectivity index (χ0v) is 11.4. The van der Waals surface area contributed by atoms with E-state index in [1.807, 2.05) is 0 Å². The molecule has 1 fully saturated rings. The number of aromatic nitrogens is 1. The van der Waals surface area contributed by atoms with Crippen LogP contribution in [0.15, 0.2) is 18.3 Å². The third-order valence-corrected chi connectivity index (χ3v) is 3.67. The Labute approximate surface area is 113 Å². The summed E-state index contributed by atoms with van der Waals surface area (Å²) in [6.45, 7) is 2.65. The lowest BCUT2D eigenvalue weighted by Gasteiger charge is -2.26. The molecule has 0 saturated carbocycles. The summed E-state index contributed by atoms with van der Waals surface area (Å²) in [5.41, 5.74) is -0.0186. The van der Waals surface area contributed by atoms with Gasteiger partial charge in [-0.2, -0.15) is 0 Å². The molecule has 0 atom stereocenters. The van der Waals surface area contributed by atoms with Crippen LogP contribution in [0.4, 0.5) is 5.69 Å². The molecule has 18 heavy (non-hydrogen) atoms. The van der Waals surface area contributed by atoms with Crippen molar-refractivity contribution in [3.05, 3.63) is 28.4 Å². The summed E-state index contributed by atoms with van der Waals surface area (Å²) in [7, 11) is 0. The van der Waals surface area contributed by atoms with Gasteiger partial charge >= 0.3 is 0 Å². The highest BCUT2D eigenvalue weighted by atomic mass is 79.9. The second kappa shape index (κ2) is 6.10. The number of hydrogen-bond donors (Lipinski definition) is 0. The average Bonchev–Trinajstić information content (AvgIpc) is 2.38. The van der Waals surface area contributed by atoms with Crippen LogP contribution in [0.1, 0.15) is 12.8 Å². The van der Waals surface area contributed by atoms with Crippen molar-refractivity contribution in [2.45, 2.75) is 12.8 Å². The fourth-order valence-electron chi connectivity index (χ4n) is 1.84. The van der Waals surface area contributed by atoms with Crippen LogP contribution in [0.3, 0.4) is 0 Å². The molecule has 0 aliphatic carbocycles. The van der Waals surface area contributed by atoms with E-state index in [0.717, 1.165) is 25.9 Å². The number of halogens is 1. The summed E-state index contributed by atoms with van der Waals surface area (Å²) < 4.78 is 7.67. The van der Waals surface area contributed by atoms with Crippen molar-refractivity contribution in [3.8, 4) is 5.88 Å². The molecule has 1 aliphatic heterocycles. The molecule has 2 rings (SSSR count). The van der Waals surface area contributed by atoms with Crippen LogP contribution in [0.25, 0.3) is 0 Å². The lowest BCUT2D eigenvalue weighted by molar-refractivity contribution is -0.385. The molecule has 0 amide bonds. The van der Waals surface area contributed by atoms with E-state index in [1.54, 1.807) is 0 Å². The molecule has 0 N–H and O–H groups in total. The normalized spacial score (nSPS) is 17.6. The number of piperidine rings is 1. The molecule has 0 aromatic carbocycles. The van der Waals surface area contributed by atoms with Crippen LogP contribution in [-0.4, -0.2) is 33.5 Å². The van der Waals surface area contributed by atoms with Gasteiger partial charge in [-0.25, -0.2) is 8.91 Å². The van der Waals surface area contributed by atoms with Gasteiger partial charge in [0.1, 0.15) is 6.20 Å². The first-order valence-corrected chi connectivity index (χ1v) is 6.50. The van der Waals surface area contributed by atoms with E-state index in [1.165, 1.54) is 18.3 Å². The molecule has 0 spiro atoms. The predicted molar refractivity (Wildman–Crippen MR) is 69.6 cm³/mol. The first-order chi connectivity index (χ1) is 8.65. The van der Waals surface area contributed by atoms with Gasteiger partial charge in [0.25, 0.3) is 5.69 Å². The largest absolute Gasteiger partial charge is 0.477 e. The third kappa shape index (κ3) is 3.64. The number of hydrogen-bond acceptors (Lipinski definition) is 5. The van der Waals surface area contributed by atoms with E-state index in [9.17, 15) is 10.1 Å². The number of ether oxygens (including phenoxy) is 1. The van der Waals surface area contributed by atoms with Gasteiger partial charge < -0.3 is 4.74 Å². The number of nitro groups is 1. The van der Waals surface area contributed by atoms with Gasteiger partial charge in [-0.3, -0.25) is 10.1 Å². The fourth-order valence-corrected chi connectivity index (χ4v) is 2.25. The maximum absolute atomic E-state index is 10.5. The Morgan fingerprint density at radius 3 is 2.78 bits per heavy atom. The summed E-state index contributed by atoms with van der Waals surface area (Å²) >= 11 is 3.45. The average molecular weight is 316 g/mol. The maximum atomic E-state index is 10.5. The molecule has 1 aromatic heterocycles. The summed E-state index contributed by atoms with van der Waals surface area (Å²) in [6, 6.07) is 2.95. The van der Waals surface area contributed by atoms with Crippen LogP contribution < -0.4 is 4.74 Å². The SMILES string of the molecule is O=[N+]([O-])c1ccc(OCC2CCN(Br)CC2)nc1. The van der Waals surface area contributed by atoms with Gasteiger partial charge in [-0.05, 0) is 18.8 Å². The summed E-state index contributed by atoms with van der Waals surface area (Å²) in [6.07, 6.45) is 3.38. The molecule has 2 heterocycles. The first-order valence-electron chi connectivity index (χ1n) is 5.79. The van der Waals surface area contributed by atoms with E-state index in [0.29, 0.717) is 18.4 Å². The first kappa shape index (κ1) is 13.2. The lowest BCUT2D eigenvalue weighted by atomic mass is 9.99. The molecule has 0 radical (unpaired) electrons. The van der Waals surface area contributed by atoms with E-state index >= 15 is 0 Å². The Bertz CT molecular complexity index is 404. The molecule has 6 nitrogen and oxygen atoms in total. The van der Waals surface area contributed by atoms with Crippen molar-refractivity contribution in [2.24, 2.45) is 5.92 Å². The van der Waals surface area contributed by atoms with Gasteiger partial charge in [0, 0.05) is 41.4 Å². The number of nitrogens with zero attached hydrogens (tertiary/aromatic N) is 3. The third-order valence-electron chi connectivity index (χ3n) is 2.96. The zero-order valence-electron chi connectivity index (χ0n) is 9.79. The highest BCUT2D eigenvalue weighted by molar-refractivity contribution is 9.07. The van der Waals surface area contributed by atoms with Gasteiger partial charge in [0.05, 0.1) is 11.5 Å². The van der Waals surface area contributed by atoms with Crippen molar-refractivity contribution >= 4 is 21.8 Å². The van der Waals surface area contributed by atoms with Crippen molar-refractivity contribution in [1.82, 2.24) is 8.91 Å². The van der Waals surface area contributed by atoms with Gasteiger partial charge in [0.15, 0.2) is 0 Å². The molecule has 1 aliphatic rings. The second-order valence-electron chi connectivity index (χ2n) is 4.28. The van der Waals surface area contributed by atoms with E-state index in [4.69, 9.17) is 4.74 Å². The van der Waals surface area contributed by atoms with Crippen LogP contribution in [0.5, 0.6) is 5.88 Å². The Kier molecular flexibility index (Phi) is 4.48. The molecule has 7 heteroatoms. The molecule has 0 unspecified atom stereocenters. The van der Waals surface area contributed by atoms with Crippen LogP contribution in [0.2, 0.25) is 0 Å². The summed E-state index contributed by atoms with van der Waals surface area (Å²) in [5.74, 6) is 0.970. The molecular weight excluding hydrogens is 302 g/mol. The molecule has 1 saturated heterocycles. The Balaban J connectivity index is 1.81. The van der Waals surface area contributed by atoms with Crippen LogP contribution >= 0.6 is 16.1 Å². The Morgan fingerprint density at radius 2 is 2.22 bits per heavy atom. The van der Waals surface area contributed by atoms with E-state index in [2.05, 4.69) is 25.1 Å². The maximum Gasteiger partial charge on any atom is 0.287 e. The standard InChI is InChI=1S/C11H14BrN3O3/c12-14-5-3-9(4-6-14)8-18-11-2-1-10(7-13-11)15(16)17/h1-2,7,9H,3-6,8H2.